The number of aromatic amines is 1. The summed E-state index contributed by atoms with van der Waals surface area (Å²) in [6.45, 7) is 0. The van der Waals surface area contributed by atoms with E-state index >= 15 is 0 Å². The van der Waals surface area contributed by atoms with Crippen LogP contribution in [0.1, 0.15) is 5.56 Å². The average Bonchev–Trinajstić information content (AvgIpc) is 2.87. The molecule has 3 aromatic rings. The van der Waals surface area contributed by atoms with Gasteiger partial charge in [-0.3, -0.25) is 0 Å². The molecule has 0 saturated heterocycles. The molecule has 116 valence electrons. The van der Waals surface area contributed by atoms with Gasteiger partial charge in [0.1, 0.15) is 5.75 Å². The smallest absolute Gasteiger partial charge is 0.216 e. The maximum absolute atomic E-state index is 9.78. The van der Waals surface area contributed by atoms with E-state index in [-0.39, 0.29) is 5.75 Å². The number of halogens is 2. The fourth-order valence-electron chi connectivity index (χ4n) is 1.96. The number of hydrogen-bond donors (Lipinski definition) is 2. The summed E-state index contributed by atoms with van der Waals surface area (Å²) >= 11 is 17.3. The first kappa shape index (κ1) is 15.7. The molecule has 8 heteroatoms. The fourth-order valence-corrected chi connectivity index (χ4v) is 2.63. The molecule has 5 nitrogen and oxygen atoms in total. The molecule has 0 fully saturated rings. The van der Waals surface area contributed by atoms with Gasteiger partial charge in [0.2, 0.25) is 4.77 Å². The van der Waals surface area contributed by atoms with Gasteiger partial charge in [0.05, 0.1) is 11.2 Å². The minimum absolute atomic E-state index is 0.123. The van der Waals surface area contributed by atoms with E-state index in [0.717, 1.165) is 0 Å². The Morgan fingerprint density at radius 3 is 2.74 bits per heavy atom. The number of para-hydroxylation sites is 1. The molecule has 2 N–H and O–H groups in total. The van der Waals surface area contributed by atoms with E-state index < -0.39 is 0 Å². The van der Waals surface area contributed by atoms with Crippen molar-refractivity contribution in [3.8, 4) is 17.1 Å². The number of aromatic hydroxyl groups is 1. The molecule has 2 aromatic carbocycles. The van der Waals surface area contributed by atoms with Crippen molar-refractivity contribution >= 4 is 41.6 Å². The van der Waals surface area contributed by atoms with Crippen molar-refractivity contribution in [1.29, 1.82) is 0 Å². The number of benzene rings is 2. The number of phenolic OH excluding ortho intramolecular Hbond substituents is 1. The molecular formula is C15H10Cl2N4OS. The fraction of sp³-hybridized carbons (Fsp3) is 0. The molecule has 1 aromatic heterocycles. The second-order valence-electron chi connectivity index (χ2n) is 4.59. The maximum atomic E-state index is 9.78. The summed E-state index contributed by atoms with van der Waals surface area (Å²) < 4.78 is 1.73. The molecular weight excluding hydrogens is 355 g/mol. The highest BCUT2D eigenvalue weighted by Crippen LogP contribution is 2.29. The molecule has 0 atom stereocenters. The van der Waals surface area contributed by atoms with Gasteiger partial charge in [-0.2, -0.15) is 14.9 Å². The van der Waals surface area contributed by atoms with Gasteiger partial charge in [0, 0.05) is 16.1 Å². The molecule has 1 heterocycles. The number of H-pyrrole nitrogens is 1. The van der Waals surface area contributed by atoms with Crippen LogP contribution in [0.25, 0.3) is 11.4 Å². The Morgan fingerprint density at radius 2 is 2.00 bits per heavy atom. The summed E-state index contributed by atoms with van der Waals surface area (Å²) in [5.74, 6) is 0.570. The zero-order chi connectivity index (χ0) is 16.4. The highest BCUT2D eigenvalue weighted by Gasteiger charge is 2.12. The lowest BCUT2D eigenvalue weighted by atomic mass is 10.2. The summed E-state index contributed by atoms with van der Waals surface area (Å²) in [6.07, 6.45) is 1.49. The predicted molar refractivity (Wildman–Crippen MR) is 94.0 cm³/mol. The van der Waals surface area contributed by atoms with Crippen LogP contribution in [0.4, 0.5) is 0 Å². The van der Waals surface area contributed by atoms with E-state index in [1.807, 2.05) is 0 Å². The molecule has 3 rings (SSSR count). The zero-order valence-electron chi connectivity index (χ0n) is 11.6. The van der Waals surface area contributed by atoms with E-state index in [9.17, 15) is 5.11 Å². The Balaban J connectivity index is 2.06. The van der Waals surface area contributed by atoms with Crippen LogP contribution < -0.4 is 0 Å². The van der Waals surface area contributed by atoms with Crippen LogP contribution in [-0.2, 0) is 0 Å². The van der Waals surface area contributed by atoms with E-state index in [1.54, 1.807) is 42.5 Å². The van der Waals surface area contributed by atoms with Gasteiger partial charge < -0.3 is 5.11 Å². The third-order valence-corrected chi connectivity index (χ3v) is 3.88. The second kappa shape index (κ2) is 6.54. The standard InChI is InChI=1S/C15H10Cl2N4OS/c16-10-5-6-11(12(17)7-10)14-19-20-15(23)21(14)18-8-9-3-1-2-4-13(9)22/h1-8,22H,(H,20,23)/b18-8-. The monoisotopic (exact) mass is 364 g/mol. The van der Waals surface area contributed by atoms with Crippen LogP contribution in [0.15, 0.2) is 47.6 Å². The van der Waals surface area contributed by atoms with Gasteiger partial charge in [-0.25, -0.2) is 5.10 Å². The Morgan fingerprint density at radius 1 is 1.22 bits per heavy atom. The SMILES string of the molecule is Oc1ccccc1/C=N\n1c(-c2ccc(Cl)cc2Cl)n[nH]c1=S. The number of hydrogen-bond acceptors (Lipinski definition) is 4. The Bertz CT molecular complexity index is 949. The van der Waals surface area contributed by atoms with E-state index in [1.165, 1.54) is 10.9 Å². The van der Waals surface area contributed by atoms with Crippen molar-refractivity contribution in [3.63, 3.8) is 0 Å². The average molecular weight is 365 g/mol. The lowest BCUT2D eigenvalue weighted by molar-refractivity contribution is 0.474. The van der Waals surface area contributed by atoms with Gasteiger partial charge >= 0.3 is 0 Å². The Hall–Kier alpha value is -2.15. The van der Waals surface area contributed by atoms with Crippen molar-refractivity contribution in [2.75, 3.05) is 0 Å². The molecule has 0 amide bonds. The second-order valence-corrected chi connectivity index (χ2v) is 5.82. The number of nitrogens with one attached hydrogen (secondary N) is 1. The predicted octanol–water partition coefficient (Wildman–Crippen LogP) is 4.50. The van der Waals surface area contributed by atoms with Gasteiger partial charge in [0.25, 0.3) is 0 Å². The third-order valence-electron chi connectivity index (χ3n) is 3.07. The quantitative estimate of drug-likeness (QED) is 0.530. The van der Waals surface area contributed by atoms with E-state index in [0.29, 0.717) is 31.8 Å². The Kier molecular flexibility index (Phi) is 4.47. The van der Waals surface area contributed by atoms with Crippen LogP contribution in [-0.4, -0.2) is 26.2 Å². The molecule has 0 aliphatic carbocycles. The molecule has 0 saturated carbocycles. The third kappa shape index (κ3) is 3.29. The number of nitrogens with zero attached hydrogens (tertiary/aromatic N) is 3. The summed E-state index contributed by atoms with van der Waals surface area (Å²) in [5, 5.41) is 21.9. The molecule has 0 radical (unpaired) electrons. The lowest BCUT2D eigenvalue weighted by Crippen LogP contribution is -1.95. The largest absolute Gasteiger partial charge is 0.507 e. The molecule has 0 unspecified atom stereocenters. The van der Waals surface area contributed by atoms with E-state index in [2.05, 4.69) is 15.3 Å². The molecule has 0 spiro atoms. The van der Waals surface area contributed by atoms with Crippen molar-refractivity contribution in [2.45, 2.75) is 0 Å². The van der Waals surface area contributed by atoms with Crippen molar-refractivity contribution < 1.29 is 5.11 Å². The van der Waals surface area contributed by atoms with Crippen LogP contribution in [0.3, 0.4) is 0 Å². The molecule has 0 bridgehead atoms. The van der Waals surface area contributed by atoms with Crippen LogP contribution in [0, 0.1) is 4.77 Å². The minimum Gasteiger partial charge on any atom is -0.507 e. The zero-order valence-corrected chi connectivity index (χ0v) is 13.9. The van der Waals surface area contributed by atoms with Crippen LogP contribution >= 0.6 is 35.4 Å². The highest BCUT2D eigenvalue weighted by molar-refractivity contribution is 7.71. The molecule has 0 aliphatic rings. The van der Waals surface area contributed by atoms with Gasteiger partial charge in [0.15, 0.2) is 5.82 Å². The normalized spacial score (nSPS) is 11.2. The summed E-state index contributed by atoms with van der Waals surface area (Å²) in [4.78, 5) is 0. The van der Waals surface area contributed by atoms with Crippen LogP contribution in [0.2, 0.25) is 10.0 Å². The molecule has 0 aliphatic heterocycles. The topological polar surface area (TPSA) is 66.2 Å². The summed E-state index contributed by atoms with van der Waals surface area (Å²) in [5.41, 5.74) is 1.20. The number of phenols is 1. The van der Waals surface area contributed by atoms with Gasteiger partial charge in [-0.05, 0) is 42.5 Å². The number of aromatic nitrogens is 3. The van der Waals surface area contributed by atoms with Crippen molar-refractivity contribution in [1.82, 2.24) is 14.9 Å². The number of rotatable bonds is 3. The maximum Gasteiger partial charge on any atom is 0.216 e. The first-order valence-electron chi connectivity index (χ1n) is 6.51. The van der Waals surface area contributed by atoms with Gasteiger partial charge in [-0.1, -0.05) is 35.3 Å². The van der Waals surface area contributed by atoms with Crippen molar-refractivity contribution in [3.05, 3.63) is 62.8 Å². The minimum atomic E-state index is 0.123. The van der Waals surface area contributed by atoms with Crippen LogP contribution in [0.5, 0.6) is 5.75 Å². The highest BCUT2D eigenvalue weighted by atomic mass is 35.5. The Labute approximate surface area is 146 Å². The first-order valence-corrected chi connectivity index (χ1v) is 7.68. The first-order chi connectivity index (χ1) is 11.1. The summed E-state index contributed by atoms with van der Waals surface area (Å²) in [7, 11) is 0. The van der Waals surface area contributed by atoms with Crippen molar-refractivity contribution in [2.24, 2.45) is 5.10 Å². The lowest BCUT2D eigenvalue weighted by Gasteiger charge is -2.04. The van der Waals surface area contributed by atoms with Gasteiger partial charge in [-0.15, -0.1) is 0 Å². The van der Waals surface area contributed by atoms with E-state index in [4.69, 9.17) is 35.4 Å². The summed E-state index contributed by atoms with van der Waals surface area (Å²) in [6, 6.07) is 11.9. The molecule has 23 heavy (non-hydrogen) atoms.